The molecule has 1 aliphatic heterocycles. The lowest BCUT2D eigenvalue weighted by molar-refractivity contribution is -0.127. The second-order valence-electron chi connectivity index (χ2n) is 7.38. The maximum Gasteiger partial charge on any atom is 0.267 e. The van der Waals surface area contributed by atoms with Gasteiger partial charge in [-0.15, -0.1) is 0 Å². The first-order valence-electron chi connectivity index (χ1n) is 9.58. The Labute approximate surface area is 174 Å². The Kier molecular flexibility index (Phi) is 5.36. The van der Waals surface area contributed by atoms with Crippen LogP contribution < -0.4 is 5.56 Å². The Morgan fingerprint density at radius 2 is 1.86 bits per heavy atom. The first-order chi connectivity index (χ1) is 13.9. The van der Waals surface area contributed by atoms with Crippen LogP contribution in [0.25, 0.3) is 5.57 Å². The highest BCUT2D eigenvalue weighted by atomic mass is 35.5. The Balaban J connectivity index is 1.70. The summed E-state index contributed by atoms with van der Waals surface area (Å²) < 4.78 is 24.9. The number of H-pyrrole nitrogens is 1. The lowest BCUT2D eigenvalue weighted by Crippen LogP contribution is -2.24. The molecule has 1 amide bonds. The van der Waals surface area contributed by atoms with E-state index >= 15 is 0 Å². The van der Waals surface area contributed by atoms with Crippen molar-refractivity contribution in [2.24, 2.45) is 0 Å². The largest absolute Gasteiger partial charge is 0.339 e. The SMILES string of the molecule is O=C1CCCN1CC=C(c1ccc(S(=O)(=O)C2CC2)cc1)c1ccc(Cl)c(=O)[nH]1. The molecule has 1 saturated carbocycles. The lowest BCUT2D eigenvalue weighted by Gasteiger charge is -2.15. The lowest BCUT2D eigenvalue weighted by atomic mass is 10.0. The van der Waals surface area contributed by atoms with Crippen molar-refractivity contribution in [3.8, 4) is 0 Å². The van der Waals surface area contributed by atoms with Crippen LogP contribution in [0.3, 0.4) is 0 Å². The van der Waals surface area contributed by atoms with Crippen molar-refractivity contribution in [2.75, 3.05) is 13.1 Å². The van der Waals surface area contributed by atoms with Gasteiger partial charge in [-0.05, 0) is 49.1 Å². The van der Waals surface area contributed by atoms with Gasteiger partial charge < -0.3 is 9.88 Å². The summed E-state index contributed by atoms with van der Waals surface area (Å²) in [5.74, 6) is 0.107. The van der Waals surface area contributed by atoms with E-state index in [9.17, 15) is 18.0 Å². The summed E-state index contributed by atoms with van der Waals surface area (Å²) in [4.78, 5) is 28.8. The van der Waals surface area contributed by atoms with Crippen LogP contribution in [0.15, 0.2) is 52.2 Å². The Morgan fingerprint density at radius 1 is 1.14 bits per heavy atom. The van der Waals surface area contributed by atoms with Crippen LogP contribution in [0.4, 0.5) is 0 Å². The van der Waals surface area contributed by atoms with Gasteiger partial charge in [-0.1, -0.05) is 29.8 Å². The van der Waals surface area contributed by atoms with E-state index < -0.39 is 15.4 Å². The molecule has 1 aromatic heterocycles. The van der Waals surface area contributed by atoms with E-state index in [-0.39, 0.29) is 16.2 Å². The number of carbonyl (C=O) groups is 1. The normalized spacial score (nSPS) is 17.8. The van der Waals surface area contributed by atoms with Gasteiger partial charge in [-0.25, -0.2) is 8.42 Å². The number of aromatic nitrogens is 1. The average Bonchev–Trinajstić information content (AvgIpc) is 3.49. The van der Waals surface area contributed by atoms with Crippen molar-refractivity contribution in [1.82, 2.24) is 9.88 Å². The van der Waals surface area contributed by atoms with Gasteiger partial charge >= 0.3 is 0 Å². The molecular weight excluding hydrogens is 412 g/mol. The molecule has 8 heteroatoms. The number of halogens is 1. The van der Waals surface area contributed by atoms with Gasteiger partial charge in [-0.2, -0.15) is 0 Å². The number of rotatable bonds is 6. The Bertz CT molecular complexity index is 1130. The summed E-state index contributed by atoms with van der Waals surface area (Å²) in [6, 6.07) is 9.91. The minimum absolute atomic E-state index is 0.0914. The van der Waals surface area contributed by atoms with Crippen LogP contribution in [0.5, 0.6) is 0 Å². The topological polar surface area (TPSA) is 87.3 Å². The molecule has 152 valence electrons. The summed E-state index contributed by atoms with van der Waals surface area (Å²) in [5.41, 5.74) is 1.63. The highest BCUT2D eigenvalue weighted by Crippen LogP contribution is 2.34. The molecule has 1 N–H and O–H groups in total. The fourth-order valence-corrected chi connectivity index (χ4v) is 5.26. The van der Waals surface area contributed by atoms with Crippen LogP contribution in [0, 0.1) is 0 Å². The second-order valence-corrected chi connectivity index (χ2v) is 10.0. The molecule has 1 saturated heterocycles. The number of amides is 1. The Hall–Kier alpha value is -2.38. The van der Waals surface area contributed by atoms with E-state index in [2.05, 4.69) is 4.98 Å². The summed E-state index contributed by atoms with van der Waals surface area (Å²) in [6.45, 7) is 1.12. The highest BCUT2D eigenvalue weighted by molar-refractivity contribution is 7.92. The number of hydrogen-bond donors (Lipinski definition) is 1. The molecule has 2 aromatic rings. The molecule has 0 radical (unpaired) electrons. The molecule has 2 heterocycles. The van der Waals surface area contributed by atoms with Crippen LogP contribution in [0.1, 0.15) is 36.9 Å². The maximum absolute atomic E-state index is 12.4. The molecule has 0 bridgehead atoms. The minimum atomic E-state index is -3.27. The van der Waals surface area contributed by atoms with E-state index in [0.717, 1.165) is 12.0 Å². The monoisotopic (exact) mass is 432 g/mol. The third kappa shape index (κ3) is 4.16. The van der Waals surface area contributed by atoms with E-state index in [0.29, 0.717) is 48.5 Å². The van der Waals surface area contributed by atoms with Crippen LogP contribution in [-0.2, 0) is 14.6 Å². The molecule has 2 fully saturated rings. The zero-order chi connectivity index (χ0) is 20.6. The van der Waals surface area contributed by atoms with Gasteiger partial charge in [0.15, 0.2) is 9.84 Å². The molecule has 4 rings (SSSR count). The number of hydrogen-bond acceptors (Lipinski definition) is 4. The molecule has 1 aromatic carbocycles. The number of likely N-dealkylation sites (tertiary alicyclic amines) is 1. The zero-order valence-electron chi connectivity index (χ0n) is 15.7. The second kappa shape index (κ2) is 7.80. The van der Waals surface area contributed by atoms with Crippen molar-refractivity contribution in [2.45, 2.75) is 35.8 Å². The van der Waals surface area contributed by atoms with Crippen molar-refractivity contribution >= 4 is 32.9 Å². The van der Waals surface area contributed by atoms with Gasteiger partial charge in [0.2, 0.25) is 5.91 Å². The molecule has 29 heavy (non-hydrogen) atoms. The van der Waals surface area contributed by atoms with Crippen molar-refractivity contribution < 1.29 is 13.2 Å². The first-order valence-corrected chi connectivity index (χ1v) is 11.5. The molecule has 0 atom stereocenters. The van der Waals surface area contributed by atoms with Crippen molar-refractivity contribution in [3.63, 3.8) is 0 Å². The third-order valence-corrected chi connectivity index (χ3v) is 7.87. The molecule has 0 spiro atoms. The van der Waals surface area contributed by atoms with Crippen molar-refractivity contribution in [3.05, 3.63) is 69.1 Å². The van der Waals surface area contributed by atoms with Crippen LogP contribution in [0.2, 0.25) is 5.02 Å². The quantitative estimate of drug-likeness (QED) is 0.760. The van der Waals surface area contributed by atoms with E-state index in [1.807, 2.05) is 6.08 Å². The van der Waals surface area contributed by atoms with Crippen LogP contribution >= 0.6 is 11.6 Å². The smallest absolute Gasteiger partial charge is 0.267 e. The number of benzene rings is 1. The number of sulfone groups is 1. The number of nitrogens with one attached hydrogen (secondary N) is 1. The van der Waals surface area contributed by atoms with Gasteiger partial charge in [0.25, 0.3) is 5.56 Å². The highest BCUT2D eigenvalue weighted by Gasteiger charge is 2.36. The summed E-state index contributed by atoms with van der Waals surface area (Å²) in [7, 11) is -3.27. The fraction of sp³-hybridized carbons (Fsp3) is 0.333. The van der Waals surface area contributed by atoms with Gasteiger partial charge in [0, 0.05) is 30.8 Å². The predicted molar refractivity (Wildman–Crippen MR) is 112 cm³/mol. The van der Waals surface area contributed by atoms with Gasteiger partial charge in [-0.3, -0.25) is 9.59 Å². The van der Waals surface area contributed by atoms with E-state index in [1.165, 1.54) is 6.07 Å². The number of carbonyl (C=O) groups excluding carboxylic acids is 1. The van der Waals surface area contributed by atoms with Crippen molar-refractivity contribution in [1.29, 1.82) is 0 Å². The molecular formula is C21H21ClN2O4S. The summed E-state index contributed by atoms with van der Waals surface area (Å²) in [5, 5.41) is -0.175. The van der Waals surface area contributed by atoms with E-state index in [4.69, 9.17) is 11.6 Å². The average molecular weight is 433 g/mol. The Morgan fingerprint density at radius 3 is 2.45 bits per heavy atom. The summed E-state index contributed by atoms with van der Waals surface area (Å²) >= 11 is 5.85. The third-order valence-electron chi connectivity index (χ3n) is 5.30. The first kappa shape index (κ1) is 19.9. The molecule has 1 aliphatic carbocycles. The minimum Gasteiger partial charge on any atom is -0.339 e. The number of nitrogens with zero attached hydrogens (tertiary/aromatic N) is 1. The van der Waals surface area contributed by atoms with E-state index in [1.54, 1.807) is 35.2 Å². The van der Waals surface area contributed by atoms with Gasteiger partial charge in [0.05, 0.1) is 10.1 Å². The molecule has 0 unspecified atom stereocenters. The van der Waals surface area contributed by atoms with Gasteiger partial charge in [0.1, 0.15) is 5.02 Å². The molecule has 2 aliphatic rings. The standard InChI is InChI=1S/C21H21ClN2O4S/c22-18-9-10-19(23-21(18)26)17(11-13-24-12-1-2-20(24)25)14-3-5-15(6-4-14)29(27,28)16-7-8-16/h3-6,9-11,16H,1-2,7-8,12-13H2,(H,23,26). The fourth-order valence-electron chi connectivity index (χ4n) is 3.49. The number of aromatic amines is 1. The predicted octanol–water partition coefficient (Wildman–Crippen LogP) is 3.02. The van der Waals surface area contributed by atoms with Crippen LogP contribution in [-0.4, -0.2) is 42.5 Å². The molecule has 6 nitrogen and oxygen atoms in total. The maximum atomic E-state index is 12.4. The zero-order valence-corrected chi connectivity index (χ0v) is 17.3. The number of pyridine rings is 1. The summed E-state index contributed by atoms with van der Waals surface area (Å²) in [6.07, 6.45) is 4.70.